The molecular formula is C12H15NO. The first-order valence-corrected chi connectivity index (χ1v) is 4.75. The number of nitrogens with zero attached hydrogens (tertiary/aromatic N) is 1. The van der Waals surface area contributed by atoms with E-state index < -0.39 is 0 Å². The predicted octanol–water partition coefficient (Wildman–Crippen LogP) is 3.60. The van der Waals surface area contributed by atoms with Crippen molar-refractivity contribution in [1.82, 2.24) is 4.98 Å². The molecular weight excluding hydrogens is 174 g/mol. The van der Waals surface area contributed by atoms with Gasteiger partial charge < -0.3 is 4.42 Å². The topological polar surface area (TPSA) is 26.0 Å². The third-order valence-electron chi connectivity index (χ3n) is 1.82. The van der Waals surface area contributed by atoms with E-state index in [9.17, 15) is 0 Å². The Morgan fingerprint density at radius 3 is 3.00 bits per heavy atom. The van der Waals surface area contributed by atoms with Gasteiger partial charge in [-0.2, -0.15) is 0 Å². The number of aromatic nitrogens is 1. The third kappa shape index (κ3) is 3.44. The van der Waals surface area contributed by atoms with Crippen LogP contribution in [0.5, 0.6) is 0 Å². The summed E-state index contributed by atoms with van der Waals surface area (Å²) in [4.78, 5) is 3.84. The highest BCUT2D eigenvalue weighted by Crippen LogP contribution is 2.07. The Morgan fingerprint density at radius 1 is 1.57 bits per heavy atom. The summed E-state index contributed by atoms with van der Waals surface area (Å²) in [5, 5.41) is 0. The number of hydrogen-bond donors (Lipinski definition) is 0. The molecule has 1 aromatic rings. The van der Waals surface area contributed by atoms with E-state index in [1.807, 2.05) is 31.2 Å². The van der Waals surface area contributed by atoms with Crippen LogP contribution in [0.1, 0.15) is 26.0 Å². The molecule has 0 bridgehead atoms. The fourth-order valence-electron chi connectivity index (χ4n) is 1.01. The van der Waals surface area contributed by atoms with Gasteiger partial charge in [-0.15, -0.1) is 0 Å². The predicted molar refractivity (Wildman–Crippen MR) is 58.7 cm³/mol. The Bertz CT molecular complexity index is 331. The molecule has 0 atom stereocenters. The molecule has 0 amide bonds. The van der Waals surface area contributed by atoms with Crippen LogP contribution < -0.4 is 0 Å². The molecule has 14 heavy (non-hydrogen) atoms. The minimum Gasteiger partial charge on any atom is -0.444 e. The summed E-state index contributed by atoms with van der Waals surface area (Å²) in [5.74, 6) is 0.782. The van der Waals surface area contributed by atoms with Gasteiger partial charge in [0.05, 0.1) is 6.20 Å². The van der Waals surface area contributed by atoms with Crippen molar-refractivity contribution in [3.63, 3.8) is 0 Å². The smallest absolute Gasteiger partial charge is 0.181 e. The van der Waals surface area contributed by atoms with Crippen LogP contribution in [0, 0.1) is 0 Å². The number of rotatable bonds is 4. The fourth-order valence-corrected chi connectivity index (χ4v) is 1.01. The van der Waals surface area contributed by atoms with Crippen molar-refractivity contribution in [3.05, 3.63) is 48.2 Å². The van der Waals surface area contributed by atoms with Crippen molar-refractivity contribution in [2.45, 2.75) is 20.3 Å². The van der Waals surface area contributed by atoms with Gasteiger partial charge in [-0.25, -0.2) is 4.98 Å². The maximum Gasteiger partial charge on any atom is 0.181 e. The van der Waals surface area contributed by atoms with E-state index in [-0.39, 0.29) is 0 Å². The van der Waals surface area contributed by atoms with E-state index in [0.29, 0.717) is 0 Å². The molecule has 0 saturated heterocycles. The summed E-state index contributed by atoms with van der Waals surface area (Å²) in [5.41, 5.74) is 1.26. The normalized spacial score (nSPS) is 13.1. The second kappa shape index (κ2) is 5.97. The molecule has 2 heteroatoms. The van der Waals surface area contributed by atoms with Gasteiger partial charge in [-0.1, -0.05) is 31.2 Å². The molecule has 0 aliphatic rings. The van der Waals surface area contributed by atoms with Gasteiger partial charge >= 0.3 is 0 Å². The van der Waals surface area contributed by atoms with Gasteiger partial charge in [0.1, 0.15) is 5.76 Å². The average molecular weight is 189 g/mol. The molecule has 0 radical (unpaired) electrons. The minimum atomic E-state index is 0.782. The summed E-state index contributed by atoms with van der Waals surface area (Å²) in [7, 11) is 0. The molecule has 0 spiro atoms. The van der Waals surface area contributed by atoms with Crippen LogP contribution in [0.2, 0.25) is 0 Å². The molecule has 0 aromatic carbocycles. The lowest BCUT2D eigenvalue weighted by Gasteiger charge is -1.92. The Hall–Kier alpha value is -1.57. The first-order chi connectivity index (χ1) is 6.86. The van der Waals surface area contributed by atoms with Crippen LogP contribution in [0.3, 0.4) is 0 Å². The number of allylic oxidation sites excluding steroid dienone is 5. The first-order valence-electron chi connectivity index (χ1n) is 4.75. The SMILES string of the molecule is C\C=C/C=C(\C=C\c1cnco1)CC. The van der Waals surface area contributed by atoms with Crippen molar-refractivity contribution >= 4 is 6.08 Å². The van der Waals surface area contributed by atoms with Crippen molar-refractivity contribution in [2.24, 2.45) is 0 Å². The van der Waals surface area contributed by atoms with Crippen LogP contribution in [0.15, 0.2) is 46.9 Å². The molecule has 0 fully saturated rings. The summed E-state index contributed by atoms with van der Waals surface area (Å²) in [6.07, 6.45) is 14.2. The molecule has 74 valence electrons. The second-order valence-corrected chi connectivity index (χ2v) is 2.86. The van der Waals surface area contributed by atoms with Gasteiger partial charge in [0.2, 0.25) is 0 Å². The Balaban J connectivity index is 2.65. The van der Waals surface area contributed by atoms with Crippen molar-refractivity contribution in [2.75, 3.05) is 0 Å². The summed E-state index contributed by atoms with van der Waals surface area (Å²) >= 11 is 0. The van der Waals surface area contributed by atoms with E-state index in [2.05, 4.69) is 18.0 Å². The highest BCUT2D eigenvalue weighted by Gasteiger charge is 1.89. The molecule has 0 unspecified atom stereocenters. The zero-order valence-corrected chi connectivity index (χ0v) is 8.60. The summed E-state index contributed by atoms with van der Waals surface area (Å²) in [6.45, 7) is 4.13. The maximum absolute atomic E-state index is 5.09. The van der Waals surface area contributed by atoms with Crippen LogP contribution >= 0.6 is 0 Å². The molecule has 1 aromatic heterocycles. The highest BCUT2D eigenvalue weighted by atomic mass is 16.3. The molecule has 2 nitrogen and oxygen atoms in total. The van der Waals surface area contributed by atoms with E-state index in [1.54, 1.807) is 6.20 Å². The highest BCUT2D eigenvalue weighted by molar-refractivity contribution is 5.47. The van der Waals surface area contributed by atoms with E-state index in [4.69, 9.17) is 4.42 Å². The van der Waals surface area contributed by atoms with E-state index in [1.165, 1.54) is 12.0 Å². The van der Waals surface area contributed by atoms with Gasteiger partial charge in [-0.3, -0.25) is 0 Å². The van der Waals surface area contributed by atoms with Gasteiger partial charge in [-0.05, 0) is 25.0 Å². The third-order valence-corrected chi connectivity index (χ3v) is 1.82. The van der Waals surface area contributed by atoms with Crippen LogP contribution in [0.25, 0.3) is 6.08 Å². The molecule has 1 rings (SSSR count). The zero-order chi connectivity index (χ0) is 10.2. The largest absolute Gasteiger partial charge is 0.444 e. The van der Waals surface area contributed by atoms with E-state index >= 15 is 0 Å². The Kier molecular flexibility index (Phi) is 4.48. The molecule has 0 N–H and O–H groups in total. The van der Waals surface area contributed by atoms with Crippen LogP contribution in [-0.2, 0) is 0 Å². The zero-order valence-electron chi connectivity index (χ0n) is 8.60. The van der Waals surface area contributed by atoms with E-state index in [0.717, 1.165) is 12.2 Å². The lowest BCUT2D eigenvalue weighted by molar-refractivity contribution is 0.548. The van der Waals surface area contributed by atoms with Gasteiger partial charge in [0.25, 0.3) is 0 Å². The average Bonchev–Trinajstić information content (AvgIpc) is 2.71. The quantitative estimate of drug-likeness (QED) is 0.676. The number of oxazole rings is 1. The second-order valence-electron chi connectivity index (χ2n) is 2.86. The molecule has 0 aliphatic heterocycles. The van der Waals surface area contributed by atoms with Crippen molar-refractivity contribution in [1.29, 1.82) is 0 Å². The Morgan fingerprint density at radius 2 is 2.43 bits per heavy atom. The lowest BCUT2D eigenvalue weighted by Crippen LogP contribution is -1.72. The molecule has 1 heterocycles. The first kappa shape index (κ1) is 10.5. The van der Waals surface area contributed by atoms with Crippen molar-refractivity contribution < 1.29 is 4.42 Å². The number of hydrogen-bond acceptors (Lipinski definition) is 2. The lowest BCUT2D eigenvalue weighted by atomic mass is 10.1. The van der Waals surface area contributed by atoms with Crippen molar-refractivity contribution in [3.8, 4) is 0 Å². The minimum absolute atomic E-state index is 0.782. The maximum atomic E-state index is 5.09. The Labute approximate surface area is 84.7 Å². The molecule has 0 saturated carbocycles. The summed E-state index contributed by atoms with van der Waals surface area (Å²) in [6, 6.07) is 0. The van der Waals surface area contributed by atoms with Gasteiger partial charge in [0, 0.05) is 0 Å². The summed E-state index contributed by atoms with van der Waals surface area (Å²) < 4.78 is 5.09. The monoisotopic (exact) mass is 189 g/mol. The molecule has 0 aliphatic carbocycles. The van der Waals surface area contributed by atoms with Crippen LogP contribution in [-0.4, -0.2) is 4.98 Å². The fraction of sp³-hybridized carbons (Fsp3) is 0.250. The van der Waals surface area contributed by atoms with Crippen LogP contribution in [0.4, 0.5) is 0 Å². The standard InChI is InChI=1S/C12H15NO/c1-3-5-6-11(4-2)7-8-12-9-13-10-14-12/h3,5-10H,4H2,1-2H3/b5-3-,8-7+,11-6-. The van der Waals surface area contributed by atoms with Gasteiger partial charge in [0.15, 0.2) is 6.39 Å².